The molecule has 3 nitrogen and oxygen atoms in total. The summed E-state index contributed by atoms with van der Waals surface area (Å²) in [6, 6.07) is 2.14. The quantitative estimate of drug-likeness (QED) is 0.778. The highest BCUT2D eigenvalue weighted by Gasteiger charge is 2.17. The van der Waals surface area contributed by atoms with Crippen LogP contribution in [0.25, 0.3) is 0 Å². The summed E-state index contributed by atoms with van der Waals surface area (Å²) in [5, 5.41) is 2.47. The van der Waals surface area contributed by atoms with Gasteiger partial charge in [-0.05, 0) is 18.1 Å². The Labute approximate surface area is 98.8 Å². The molecule has 0 fully saturated rings. The Morgan fingerprint density at radius 1 is 1.41 bits per heavy atom. The lowest BCUT2D eigenvalue weighted by molar-refractivity contribution is -0.109. The Hall–Kier alpha value is -1.65. The molecule has 17 heavy (non-hydrogen) atoms. The van der Waals surface area contributed by atoms with Gasteiger partial charge in [-0.3, -0.25) is 4.79 Å². The zero-order valence-electron chi connectivity index (χ0n) is 9.80. The van der Waals surface area contributed by atoms with Crippen molar-refractivity contribution >= 4 is 6.41 Å². The number of ether oxygens (including phenoxy) is 1. The molecule has 94 valence electrons. The van der Waals surface area contributed by atoms with E-state index < -0.39 is 11.6 Å². The molecule has 1 aromatic carbocycles. The van der Waals surface area contributed by atoms with Gasteiger partial charge in [0.1, 0.15) is 5.82 Å². The fourth-order valence-electron chi connectivity index (χ4n) is 1.68. The maximum atomic E-state index is 13.7. The van der Waals surface area contributed by atoms with Crippen LogP contribution in [0.5, 0.6) is 5.75 Å². The third-order valence-electron chi connectivity index (χ3n) is 2.65. The maximum Gasteiger partial charge on any atom is 0.207 e. The number of hydrogen-bond donors (Lipinski definition) is 1. The molecule has 0 radical (unpaired) electrons. The zero-order chi connectivity index (χ0) is 12.8. The number of carbonyl (C=O) groups is 1. The van der Waals surface area contributed by atoms with E-state index in [4.69, 9.17) is 0 Å². The van der Waals surface area contributed by atoms with E-state index >= 15 is 0 Å². The molecule has 0 aliphatic heterocycles. The van der Waals surface area contributed by atoms with Crippen LogP contribution in [0.1, 0.15) is 24.8 Å². The molecule has 0 spiro atoms. The van der Waals surface area contributed by atoms with Gasteiger partial charge in [-0.1, -0.05) is 6.92 Å². The molecule has 1 N–H and O–H groups in total. The molecule has 1 unspecified atom stereocenters. The van der Waals surface area contributed by atoms with Gasteiger partial charge in [-0.25, -0.2) is 8.78 Å². The SMILES string of the molecule is CCC(CNC=O)c1cc(F)c(OC)cc1F. The van der Waals surface area contributed by atoms with Crippen molar-refractivity contribution in [2.24, 2.45) is 0 Å². The number of hydrogen-bond acceptors (Lipinski definition) is 2. The summed E-state index contributed by atoms with van der Waals surface area (Å²) >= 11 is 0. The van der Waals surface area contributed by atoms with Gasteiger partial charge in [0.25, 0.3) is 0 Å². The van der Waals surface area contributed by atoms with Crippen LogP contribution in [0.2, 0.25) is 0 Å². The van der Waals surface area contributed by atoms with Crippen LogP contribution >= 0.6 is 0 Å². The Balaban J connectivity index is 3.02. The zero-order valence-corrected chi connectivity index (χ0v) is 9.80. The molecule has 0 aliphatic rings. The average molecular weight is 243 g/mol. The standard InChI is InChI=1S/C12H15F2NO2/c1-3-8(6-15-7-16)9-4-11(14)12(17-2)5-10(9)13/h4-5,7-8H,3,6H2,1-2H3,(H,15,16). The third-order valence-corrected chi connectivity index (χ3v) is 2.65. The highest BCUT2D eigenvalue weighted by Crippen LogP contribution is 2.27. The molecule has 5 heteroatoms. The monoisotopic (exact) mass is 243 g/mol. The lowest BCUT2D eigenvalue weighted by atomic mass is 9.95. The van der Waals surface area contributed by atoms with Crippen molar-refractivity contribution in [3.63, 3.8) is 0 Å². The number of rotatable bonds is 6. The molecular formula is C12H15F2NO2. The van der Waals surface area contributed by atoms with Crippen molar-refractivity contribution in [2.45, 2.75) is 19.3 Å². The van der Waals surface area contributed by atoms with Crippen molar-refractivity contribution in [1.29, 1.82) is 0 Å². The summed E-state index contributed by atoms with van der Waals surface area (Å²) in [6.07, 6.45) is 1.14. The second-order valence-electron chi connectivity index (χ2n) is 3.64. The number of halogens is 2. The van der Waals surface area contributed by atoms with Crippen LogP contribution < -0.4 is 10.1 Å². The fourth-order valence-corrected chi connectivity index (χ4v) is 1.68. The van der Waals surface area contributed by atoms with Gasteiger partial charge in [-0.15, -0.1) is 0 Å². The number of benzene rings is 1. The molecule has 1 rings (SSSR count). The second kappa shape index (κ2) is 6.18. The molecule has 0 aromatic heterocycles. The summed E-state index contributed by atoms with van der Waals surface area (Å²) in [5.74, 6) is -1.50. The smallest absolute Gasteiger partial charge is 0.207 e. The number of methoxy groups -OCH3 is 1. The first-order chi connectivity index (χ1) is 8.13. The molecule has 0 saturated heterocycles. The number of nitrogens with one attached hydrogen (secondary N) is 1. The van der Waals surface area contributed by atoms with Crippen molar-refractivity contribution in [3.8, 4) is 5.75 Å². The summed E-state index contributed by atoms with van der Waals surface area (Å²) in [5.41, 5.74) is 0.250. The lowest BCUT2D eigenvalue weighted by Gasteiger charge is -2.16. The molecule has 1 atom stereocenters. The summed E-state index contributed by atoms with van der Waals surface area (Å²) in [6.45, 7) is 2.13. The molecule has 1 amide bonds. The molecule has 0 aliphatic carbocycles. The van der Waals surface area contributed by atoms with Crippen molar-refractivity contribution in [3.05, 3.63) is 29.3 Å². The molecular weight excluding hydrogens is 228 g/mol. The first-order valence-electron chi connectivity index (χ1n) is 5.34. The van der Waals surface area contributed by atoms with E-state index in [2.05, 4.69) is 10.1 Å². The van der Waals surface area contributed by atoms with Gasteiger partial charge in [0.2, 0.25) is 6.41 Å². The highest BCUT2D eigenvalue weighted by molar-refractivity contribution is 5.46. The maximum absolute atomic E-state index is 13.7. The van der Waals surface area contributed by atoms with Crippen LogP contribution in [0.3, 0.4) is 0 Å². The Morgan fingerprint density at radius 2 is 2.12 bits per heavy atom. The predicted molar refractivity (Wildman–Crippen MR) is 60.0 cm³/mol. The number of carbonyl (C=O) groups excluding carboxylic acids is 1. The normalized spacial score (nSPS) is 12.0. The van der Waals surface area contributed by atoms with Gasteiger partial charge in [0.05, 0.1) is 7.11 Å². The molecule has 0 saturated carbocycles. The van der Waals surface area contributed by atoms with Crippen molar-refractivity contribution < 1.29 is 18.3 Å². The summed E-state index contributed by atoms with van der Waals surface area (Å²) in [4.78, 5) is 10.2. The van der Waals surface area contributed by atoms with E-state index in [1.165, 1.54) is 7.11 Å². The molecule has 0 bridgehead atoms. The van der Waals surface area contributed by atoms with Crippen LogP contribution in [-0.4, -0.2) is 20.1 Å². The van der Waals surface area contributed by atoms with Crippen LogP contribution in [0.4, 0.5) is 8.78 Å². The predicted octanol–water partition coefficient (Wildman–Crippen LogP) is 2.21. The first-order valence-corrected chi connectivity index (χ1v) is 5.34. The van der Waals surface area contributed by atoms with Crippen LogP contribution in [-0.2, 0) is 4.79 Å². The Kier molecular flexibility index (Phi) is 4.87. The van der Waals surface area contributed by atoms with Gasteiger partial charge >= 0.3 is 0 Å². The van der Waals surface area contributed by atoms with Crippen molar-refractivity contribution in [2.75, 3.05) is 13.7 Å². The Bertz CT molecular complexity index is 396. The number of amides is 1. The molecule has 1 aromatic rings. The minimum atomic E-state index is -0.603. The topological polar surface area (TPSA) is 38.3 Å². The summed E-state index contributed by atoms with van der Waals surface area (Å²) in [7, 11) is 1.28. The van der Waals surface area contributed by atoms with Crippen LogP contribution in [0, 0.1) is 11.6 Å². The van der Waals surface area contributed by atoms with Gasteiger partial charge < -0.3 is 10.1 Å². The van der Waals surface area contributed by atoms with E-state index in [0.717, 1.165) is 12.1 Å². The van der Waals surface area contributed by atoms with Gasteiger partial charge in [0.15, 0.2) is 11.6 Å². The van der Waals surface area contributed by atoms with E-state index in [-0.39, 0.29) is 23.8 Å². The average Bonchev–Trinajstić information content (AvgIpc) is 2.33. The minimum Gasteiger partial charge on any atom is -0.494 e. The summed E-state index contributed by atoms with van der Waals surface area (Å²) < 4.78 is 31.9. The second-order valence-corrected chi connectivity index (χ2v) is 3.64. The van der Waals surface area contributed by atoms with E-state index in [1.807, 2.05) is 6.92 Å². The Morgan fingerprint density at radius 3 is 2.65 bits per heavy atom. The largest absolute Gasteiger partial charge is 0.494 e. The van der Waals surface area contributed by atoms with Gasteiger partial charge in [0, 0.05) is 18.5 Å². The van der Waals surface area contributed by atoms with Crippen molar-refractivity contribution in [1.82, 2.24) is 5.32 Å². The van der Waals surface area contributed by atoms with Crippen LogP contribution in [0.15, 0.2) is 12.1 Å². The fraction of sp³-hybridized carbons (Fsp3) is 0.417. The highest BCUT2D eigenvalue weighted by atomic mass is 19.1. The van der Waals surface area contributed by atoms with E-state index in [0.29, 0.717) is 12.8 Å². The third kappa shape index (κ3) is 3.15. The lowest BCUT2D eigenvalue weighted by Crippen LogP contribution is -2.20. The minimum absolute atomic E-state index is 0.121. The van der Waals surface area contributed by atoms with Gasteiger partial charge in [-0.2, -0.15) is 0 Å². The molecule has 0 heterocycles. The van der Waals surface area contributed by atoms with E-state index in [1.54, 1.807) is 0 Å². The first kappa shape index (κ1) is 13.4. The van der Waals surface area contributed by atoms with E-state index in [9.17, 15) is 13.6 Å².